The first-order valence-corrected chi connectivity index (χ1v) is 8.20. The zero-order chi connectivity index (χ0) is 16.4. The molecule has 8 heteroatoms. The van der Waals surface area contributed by atoms with E-state index in [4.69, 9.17) is 0 Å². The van der Waals surface area contributed by atoms with E-state index in [1.54, 1.807) is 6.07 Å². The van der Waals surface area contributed by atoms with Gasteiger partial charge in [-0.05, 0) is 37.0 Å². The molecule has 0 aromatic heterocycles. The van der Waals surface area contributed by atoms with Crippen LogP contribution in [0.5, 0.6) is 0 Å². The molecule has 1 atom stereocenters. The van der Waals surface area contributed by atoms with E-state index in [0.29, 0.717) is 5.69 Å². The number of rotatable bonds is 3. The van der Waals surface area contributed by atoms with Crippen molar-refractivity contribution in [3.8, 4) is 0 Å². The van der Waals surface area contributed by atoms with Gasteiger partial charge in [0.1, 0.15) is 0 Å². The molecule has 0 saturated carbocycles. The Morgan fingerprint density at radius 2 is 1.96 bits per heavy atom. The number of carbonyl (C=O) groups is 1. The minimum Gasteiger partial charge on any atom is -0.371 e. The number of amides is 1. The number of piperidine rings is 1. The molecule has 4 nitrogen and oxygen atoms in total. The van der Waals surface area contributed by atoms with Crippen LogP contribution in [0.4, 0.5) is 20.2 Å². The second-order valence-electron chi connectivity index (χ2n) is 6.70. The normalized spacial score (nSPS) is 22.7. The van der Waals surface area contributed by atoms with Crippen molar-refractivity contribution < 1.29 is 13.6 Å². The van der Waals surface area contributed by atoms with Gasteiger partial charge in [-0.15, -0.1) is 24.8 Å². The van der Waals surface area contributed by atoms with Gasteiger partial charge in [0.2, 0.25) is 5.91 Å². The van der Waals surface area contributed by atoms with Crippen LogP contribution in [0.1, 0.15) is 26.2 Å². The molecule has 0 radical (unpaired) electrons. The summed E-state index contributed by atoms with van der Waals surface area (Å²) in [5.74, 6) is -2.44. The van der Waals surface area contributed by atoms with Gasteiger partial charge in [0.15, 0.2) is 0 Å². The first-order valence-electron chi connectivity index (χ1n) is 8.20. The van der Waals surface area contributed by atoms with E-state index in [0.717, 1.165) is 37.5 Å². The van der Waals surface area contributed by atoms with Crippen LogP contribution in [0.25, 0.3) is 0 Å². The fourth-order valence-corrected chi connectivity index (χ4v) is 3.18. The van der Waals surface area contributed by atoms with E-state index in [1.165, 1.54) is 0 Å². The lowest BCUT2D eigenvalue weighted by Gasteiger charge is -2.32. The summed E-state index contributed by atoms with van der Waals surface area (Å²) in [4.78, 5) is 14.4. The van der Waals surface area contributed by atoms with Crippen LogP contribution in [-0.4, -0.2) is 37.5 Å². The number of benzene rings is 1. The van der Waals surface area contributed by atoms with Crippen LogP contribution >= 0.6 is 24.8 Å². The molecule has 2 N–H and O–H groups in total. The summed E-state index contributed by atoms with van der Waals surface area (Å²) < 4.78 is 26.4. The fourth-order valence-electron chi connectivity index (χ4n) is 3.18. The summed E-state index contributed by atoms with van der Waals surface area (Å²) in [6.07, 6.45) is 1.89. The third-order valence-electron chi connectivity index (χ3n) is 4.69. The second kappa shape index (κ2) is 9.01. The van der Waals surface area contributed by atoms with Gasteiger partial charge < -0.3 is 10.2 Å². The molecule has 1 aromatic rings. The molecule has 0 spiro atoms. The minimum absolute atomic E-state index is 0. The number of nitrogens with zero attached hydrogens (tertiary/aromatic N) is 1. The van der Waals surface area contributed by atoms with Gasteiger partial charge >= 0.3 is 0 Å². The maximum Gasteiger partial charge on any atom is 0.262 e. The molecule has 142 valence electrons. The van der Waals surface area contributed by atoms with E-state index >= 15 is 0 Å². The topological polar surface area (TPSA) is 44.4 Å². The smallest absolute Gasteiger partial charge is 0.262 e. The molecule has 2 aliphatic rings. The van der Waals surface area contributed by atoms with Crippen molar-refractivity contribution in [2.24, 2.45) is 5.92 Å². The largest absolute Gasteiger partial charge is 0.371 e. The van der Waals surface area contributed by atoms with Crippen LogP contribution < -0.4 is 15.5 Å². The molecule has 3 rings (SSSR count). The Kier molecular flexibility index (Phi) is 7.90. The van der Waals surface area contributed by atoms with Gasteiger partial charge in [-0.1, -0.05) is 13.0 Å². The Labute approximate surface area is 159 Å². The van der Waals surface area contributed by atoms with Crippen molar-refractivity contribution in [1.82, 2.24) is 5.32 Å². The zero-order valence-corrected chi connectivity index (χ0v) is 15.8. The Balaban J connectivity index is 0.00000156. The average Bonchev–Trinajstić information content (AvgIpc) is 2.88. The average molecular weight is 396 g/mol. The summed E-state index contributed by atoms with van der Waals surface area (Å²) in [5.41, 5.74) is 1.72. The Bertz CT molecular complexity index is 581. The van der Waals surface area contributed by atoms with Crippen LogP contribution in [0.2, 0.25) is 0 Å². The predicted molar refractivity (Wildman–Crippen MR) is 102 cm³/mol. The van der Waals surface area contributed by atoms with Crippen LogP contribution in [0.15, 0.2) is 24.3 Å². The van der Waals surface area contributed by atoms with Crippen molar-refractivity contribution in [2.45, 2.75) is 38.2 Å². The van der Waals surface area contributed by atoms with E-state index < -0.39 is 30.8 Å². The number of halogens is 4. The highest BCUT2D eigenvalue weighted by atomic mass is 35.5. The summed E-state index contributed by atoms with van der Waals surface area (Å²) in [6.45, 7) is 3.85. The molecular weight excluding hydrogens is 371 g/mol. The number of hydrogen-bond acceptors (Lipinski definition) is 3. The molecular formula is C17H25Cl2F2N3O. The maximum absolute atomic E-state index is 13.2. The number of anilines is 2. The lowest BCUT2D eigenvalue weighted by Crippen LogP contribution is -2.35. The van der Waals surface area contributed by atoms with E-state index in [2.05, 4.69) is 22.5 Å². The molecule has 2 fully saturated rings. The molecule has 1 amide bonds. The lowest BCUT2D eigenvalue weighted by atomic mass is 9.99. The van der Waals surface area contributed by atoms with Gasteiger partial charge in [-0.3, -0.25) is 10.1 Å². The van der Waals surface area contributed by atoms with Crippen molar-refractivity contribution in [3.63, 3.8) is 0 Å². The maximum atomic E-state index is 13.2. The fraction of sp³-hybridized carbons (Fsp3) is 0.588. The third kappa shape index (κ3) is 5.69. The van der Waals surface area contributed by atoms with Gasteiger partial charge in [0.05, 0.1) is 12.6 Å². The number of hydrogen-bond donors (Lipinski definition) is 2. The van der Waals surface area contributed by atoms with Crippen molar-refractivity contribution in [1.29, 1.82) is 0 Å². The number of nitrogens with one attached hydrogen (secondary N) is 2. The molecule has 25 heavy (non-hydrogen) atoms. The van der Waals surface area contributed by atoms with Gasteiger partial charge in [-0.25, -0.2) is 8.78 Å². The molecule has 0 bridgehead atoms. The van der Waals surface area contributed by atoms with E-state index in [-0.39, 0.29) is 24.8 Å². The predicted octanol–water partition coefficient (Wildman–Crippen LogP) is 3.70. The SMILES string of the molecule is CC1CCN(c2cccc(NC(=O)C3CC(F)(F)CN3)c2)CC1.Cl.Cl. The summed E-state index contributed by atoms with van der Waals surface area (Å²) in [6, 6.07) is 6.79. The minimum atomic E-state index is -2.80. The van der Waals surface area contributed by atoms with Gasteiger partial charge in [0.25, 0.3) is 5.92 Å². The Hall–Kier alpha value is -1.11. The molecule has 0 aliphatic carbocycles. The van der Waals surface area contributed by atoms with Crippen molar-refractivity contribution in [2.75, 3.05) is 29.9 Å². The summed E-state index contributed by atoms with van der Waals surface area (Å²) in [7, 11) is 0. The second-order valence-corrected chi connectivity index (χ2v) is 6.70. The highest BCUT2D eigenvalue weighted by molar-refractivity contribution is 5.95. The van der Waals surface area contributed by atoms with Crippen molar-refractivity contribution in [3.05, 3.63) is 24.3 Å². The first-order chi connectivity index (χ1) is 10.9. The Morgan fingerprint density at radius 1 is 1.28 bits per heavy atom. The van der Waals surface area contributed by atoms with Gasteiger partial charge in [-0.2, -0.15) is 0 Å². The molecule has 2 saturated heterocycles. The van der Waals surface area contributed by atoms with Gasteiger partial charge in [0, 0.05) is 30.9 Å². The number of alkyl halides is 2. The molecule has 1 unspecified atom stereocenters. The first kappa shape index (κ1) is 21.9. The van der Waals surface area contributed by atoms with Crippen LogP contribution in [0.3, 0.4) is 0 Å². The van der Waals surface area contributed by atoms with Crippen molar-refractivity contribution >= 4 is 42.1 Å². The highest BCUT2D eigenvalue weighted by Crippen LogP contribution is 2.27. The van der Waals surface area contributed by atoms with Crippen LogP contribution in [-0.2, 0) is 4.79 Å². The zero-order valence-electron chi connectivity index (χ0n) is 14.1. The van der Waals surface area contributed by atoms with Crippen LogP contribution in [0, 0.1) is 5.92 Å². The standard InChI is InChI=1S/C17H23F2N3O.2ClH/c1-12-5-7-22(8-6-12)14-4-2-3-13(9-14)21-16(23)15-10-17(18,19)11-20-15;;/h2-4,9,12,15,20H,5-8,10-11H2,1H3,(H,21,23);2*1H. The lowest BCUT2D eigenvalue weighted by molar-refractivity contribution is -0.118. The monoisotopic (exact) mass is 395 g/mol. The van der Waals surface area contributed by atoms with E-state index in [9.17, 15) is 13.6 Å². The molecule has 2 aliphatic heterocycles. The summed E-state index contributed by atoms with van der Waals surface area (Å²) in [5, 5.41) is 5.33. The third-order valence-corrected chi connectivity index (χ3v) is 4.69. The molecule has 2 heterocycles. The number of carbonyl (C=O) groups excluding carboxylic acids is 1. The molecule has 1 aromatic carbocycles. The quantitative estimate of drug-likeness (QED) is 0.819. The highest BCUT2D eigenvalue weighted by Gasteiger charge is 2.42. The summed E-state index contributed by atoms with van der Waals surface area (Å²) >= 11 is 0. The Morgan fingerprint density at radius 3 is 2.56 bits per heavy atom. The van der Waals surface area contributed by atoms with E-state index in [1.807, 2.05) is 18.2 Å².